The minimum absolute atomic E-state index is 0.133. The normalized spacial score (nSPS) is 21.9. The molecule has 0 saturated carbocycles. The van der Waals surface area contributed by atoms with Gasteiger partial charge in [0.25, 0.3) is 0 Å². The van der Waals surface area contributed by atoms with E-state index in [0.29, 0.717) is 12.5 Å². The minimum atomic E-state index is 0.133. The van der Waals surface area contributed by atoms with E-state index in [1.807, 2.05) is 0 Å². The summed E-state index contributed by atoms with van der Waals surface area (Å²) in [6.45, 7) is 5.81. The van der Waals surface area contributed by atoms with Crippen molar-refractivity contribution >= 4 is 0 Å². The zero-order chi connectivity index (χ0) is 14.4. The van der Waals surface area contributed by atoms with Crippen molar-refractivity contribution in [1.29, 1.82) is 0 Å². The third kappa shape index (κ3) is 4.58. The van der Waals surface area contributed by atoms with Crippen LogP contribution in [0.2, 0.25) is 0 Å². The first-order chi connectivity index (χ1) is 9.69. The number of aliphatic hydroxyl groups excluding tert-OH is 1. The van der Waals surface area contributed by atoms with Crippen molar-refractivity contribution in [3.63, 3.8) is 0 Å². The third-order valence-corrected chi connectivity index (χ3v) is 4.37. The van der Waals surface area contributed by atoms with E-state index in [9.17, 15) is 0 Å². The summed E-state index contributed by atoms with van der Waals surface area (Å²) in [6.07, 6.45) is 4.47. The lowest BCUT2D eigenvalue weighted by molar-refractivity contribution is 0.144. The monoisotopic (exact) mass is 276 g/mol. The van der Waals surface area contributed by atoms with Gasteiger partial charge in [0.1, 0.15) is 0 Å². The Morgan fingerprint density at radius 1 is 1.45 bits per heavy atom. The Morgan fingerprint density at radius 3 is 3.05 bits per heavy atom. The summed E-state index contributed by atoms with van der Waals surface area (Å²) in [5.74, 6) is 0.670. The zero-order valence-corrected chi connectivity index (χ0v) is 12.6. The summed E-state index contributed by atoms with van der Waals surface area (Å²) in [5.41, 5.74) is 8.83. The lowest BCUT2D eigenvalue weighted by Gasteiger charge is -2.33. The molecule has 1 saturated heterocycles. The van der Waals surface area contributed by atoms with Crippen molar-refractivity contribution in [1.82, 2.24) is 4.90 Å². The van der Waals surface area contributed by atoms with E-state index in [-0.39, 0.29) is 6.04 Å². The minimum Gasteiger partial charge on any atom is -0.396 e. The number of aryl methyl sites for hydroxylation is 1. The molecule has 1 fully saturated rings. The van der Waals surface area contributed by atoms with Crippen molar-refractivity contribution in [2.24, 2.45) is 11.7 Å². The molecular weight excluding hydrogens is 248 g/mol. The molecule has 2 unspecified atom stereocenters. The number of hydrogen-bond donors (Lipinski definition) is 2. The first kappa shape index (κ1) is 15.5. The van der Waals surface area contributed by atoms with Crippen LogP contribution >= 0.6 is 0 Å². The Hall–Kier alpha value is -0.900. The predicted molar refractivity (Wildman–Crippen MR) is 83.6 cm³/mol. The molecule has 1 aliphatic rings. The lowest BCUT2D eigenvalue weighted by Crippen LogP contribution is -2.37. The van der Waals surface area contributed by atoms with E-state index >= 15 is 0 Å². The summed E-state index contributed by atoms with van der Waals surface area (Å²) in [4.78, 5) is 2.51. The topological polar surface area (TPSA) is 49.5 Å². The molecule has 20 heavy (non-hydrogen) atoms. The molecule has 0 amide bonds. The quantitative estimate of drug-likeness (QED) is 0.839. The van der Waals surface area contributed by atoms with Crippen molar-refractivity contribution in [2.45, 2.75) is 38.6 Å². The van der Waals surface area contributed by atoms with Crippen LogP contribution in [0, 0.1) is 12.8 Å². The molecule has 1 aromatic carbocycles. The fourth-order valence-electron chi connectivity index (χ4n) is 3.16. The Balaban J connectivity index is 1.79. The average molecular weight is 276 g/mol. The van der Waals surface area contributed by atoms with Gasteiger partial charge in [-0.05, 0) is 57.2 Å². The summed E-state index contributed by atoms with van der Waals surface area (Å²) in [6, 6.07) is 8.65. The van der Waals surface area contributed by atoms with E-state index in [1.54, 1.807) is 0 Å². The maximum absolute atomic E-state index is 9.06. The molecule has 0 bridgehead atoms. The molecule has 2 rings (SSSR count). The van der Waals surface area contributed by atoms with Crippen molar-refractivity contribution < 1.29 is 5.11 Å². The van der Waals surface area contributed by atoms with Gasteiger partial charge in [-0.1, -0.05) is 29.8 Å². The van der Waals surface area contributed by atoms with Crippen LogP contribution in [0.25, 0.3) is 0 Å². The molecule has 3 nitrogen and oxygen atoms in total. The highest BCUT2D eigenvalue weighted by Gasteiger charge is 2.19. The van der Waals surface area contributed by atoms with Gasteiger partial charge in [-0.15, -0.1) is 0 Å². The van der Waals surface area contributed by atoms with E-state index in [1.165, 1.54) is 30.5 Å². The first-order valence-electron chi connectivity index (χ1n) is 7.84. The standard InChI is InChI=1S/C17H28N2O/c1-14-4-2-6-16(12-14)17(18)7-10-19-9-3-5-15(13-19)8-11-20/h2,4,6,12,15,17,20H,3,5,7-11,13,18H2,1H3. The largest absolute Gasteiger partial charge is 0.396 e. The molecule has 1 heterocycles. The number of piperidine rings is 1. The van der Waals surface area contributed by atoms with Crippen LogP contribution in [0.3, 0.4) is 0 Å². The Morgan fingerprint density at radius 2 is 2.30 bits per heavy atom. The molecule has 3 heteroatoms. The number of hydrogen-bond acceptors (Lipinski definition) is 3. The highest BCUT2D eigenvalue weighted by atomic mass is 16.3. The number of likely N-dealkylation sites (tertiary alicyclic amines) is 1. The van der Waals surface area contributed by atoms with E-state index in [4.69, 9.17) is 10.8 Å². The SMILES string of the molecule is Cc1cccc(C(N)CCN2CCCC(CCO)C2)c1. The van der Waals surface area contributed by atoms with Gasteiger partial charge < -0.3 is 15.7 Å². The van der Waals surface area contributed by atoms with Crippen LogP contribution < -0.4 is 5.73 Å². The van der Waals surface area contributed by atoms with Gasteiger partial charge in [-0.2, -0.15) is 0 Å². The highest BCUT2D eigenvalue weighted by Crippen LogP contribution is 2.21. The van der Waals surface area contributed by atoms with Crippen LogP contribution in [-0.2, 0) is 0 Å². The van der Waals surface area contributed by atoms with E-state index < -0.39 is 0 Å². The van der Waals surface area contributed by atoms with E-state index in [0.717, 1.165) is 25.9 Å². The van der Waals surface area contributed by atoms with Gasteiger partial charge in [-0.25, -0.2) is 0 Å². The van der Waals surface area contributed by atoms with Crippen molar-refractivity contribution in [2.75, 3.05) is 26.2 Å². The summed E-state index contributed by atoms with van der Waals surface area (Å²) < 4.78 is 0. The second-order valence-electron chi connectivity index (χ2n) is 6.13. The molecule has 112 valence electrons. The van der Waals surface area contributed by atoms with Crippen LogP contribution in [0.15, 0.2) is 24.3 Å². The average Bonchev–Trinajstić information content (AvgIpc) is 2.45. The summed E-state index contributed by atoms with van der Waals surface area (Å²) >= 11 is 0. The highest BCUT2D eigenvalue weighted by molar-refractivity contribution is 5.24. The number of aliphatic hydroxyl groups is 1. The summed E-state index contributed by atoms with van der Waals surface area (Å²) in [5, 5.41) is 9.06. The van der Waals surface area contributed by atoms with Gasteiger partial charge in [-0.3, -0.25) is 0 Å². The molecular formula is C17H28N2O. The summed E-state index contributed by atoms with van der Waals surface area (Å²) in [7, 11) is 0. The third-order valence-electron chi connectivity index (χ3n) is 4.37. The predicted octanol–water partition coefficient (Wildman–Crippen LogP) is 2.48. The molecule has 0 radical (unpaired) electrons. The van der Waals surface area contributed by atoms with Crippen LogP contribution in [0.4, 0.5) is 0 Å². The maximum atomic E-state index is 9.06. The smallest absolute Gasteiger partial charge is 0.0434 e. The number of rotatable bonds is 6. The molecule has 1 aromatic rings. The molecule has 0 aromatic heterocycles. The van der Waals surface area contributed by atoms with Gasteiger partial charge in [0.15, 0.2) is 0 Å². The molecule has 0 aliphatic carbocycles. The Kier molecular flexibility index (Phi) is 6.02. The maximum Gasteiger partial charge on any atom is 0.0434 e. The number of nitrogens with two attached hydrogens (primary N) is 1. The first-order valence-corrected chi connectivity index (χ1v) is 7.84. The van der Waals surface area contributed by atoms with Crippen LogP contribution in [0.1, 0.15) is 42.9 Å². The Labute approximate surface area is 122 Å². The lowest BCUT2D eigenvalue weighted by atomic mass is 9.94. The molecule has 0 spiro atoms. The second-order valence-corrected chi connectivity index (χ2v) is 6.13. The zero-order valence-electron chi connectivity index (χ0n) is 12.6. The fourth-order valence-corrected chi connectivity index (χ4v) is 3.16. The second kappa shape index (κ2) is 7.77. The molecule has 1 aliphatic heterocycles. The molecule has 2 atom stereocenters. The van der Waals surface area contributed by atoms with Gasteiger partial charge >= 0.3 is 0 Å². The van der Waals surface area contributed by atoms with E-state index in [2.05, 4.69) is 36.1 Å². The van der Waals surface area contributed by atoms with Gasteiger partial charge in [0.05, 0.1) is 0 Å². The van der Waals surface area contributed by atoms with Crippen LogP contribution in [0.5, 0.6) is 0 Å². The number of nitrogens with zero attached hydrogens (tertiary/aromatic N) is 1. The van der Waals surface area contributed by atoms with Gasteiger partial charge in [0.2, 0.25) is 0 Å². The fraction of sp³-hybridized carbons (Fsp3) is 0.647. The van der Waals surface area contributed by atoms with Crippen LogP contribution in [-0.4, -0.2) is 36.2 Å². The number of benzene rings is 1. The Bertz CT molecular complexity index is 406. The van der Waals surface area contributed by atoms with Gasteiger partial charge in [0, 0.05) is 19.2 Å². The molecule has 3 N–H and O–H groups in total. The van der Waals surface area contributed by atoms with Crippen molar-refractivity contribution in [3.05, 3.63) is 35.4 Å². The van der Waals surface area contributed by atoms with Crippen molar-refractivity contribution in [3.8, 4) is 0 Å².